The van der Waals surface area contributed by atoms with E-state index in [0.717, 1.165) is 34.4 Å². The SMILES string of the molecule is COc1cc(C)c(C(C)NC(=O)C2CCCN(S(=O)(=O)CCCc3ccccc3)C2)cc1C(C)C. The number of carbonyl (C=O) groups excluding carboxylic acids is 1. The lowest BCUT2D eigenvalue weighted by molar-refractivity contribution is -0.126. The minimum atomic E-state index is -3.39. The maximum Gasteiger partial charge on any atom is 0.224 e. The van der Waals surface area contributed by atoms with E-state index in [0.29, 0.717) is 31.7 Å². The zero-order valence-corrected chi connectivity index (χ0v) is 22.5. The summed E-state index contributed by atoms with van der Waals surface area (Å²) < 4.78 is 33.0. The van der Waals surface area contributed by atoms with Crippen LogP contribution in [0, 0.1) is 12.8 Å². The Kier molecular flexibility index (Phi) is 9.36. The molecule has 192 valence electrons. The Bertz CT molecular complexity index is 1100. The Morgan fingerprint density at radius 3 is 2.51 bits per heavy atom. The van der Waals surface area contributed by atoms with Crippen LogP contribution in [0.5, 0.6) is 5.75 Å². The van der Waals surface area contributed by atoms with E-state index >= 15 is 0 Å². The summed E-state index contributed by atoms with van der Waals surface area (Å²) in [5.74, 6) is 0.850. The predicted octanol–water partition coefficient (Wildman–Crippen LogP) is 4.98. The molecule has 7 heteroatoms. The van der Waals surface area contributed by atoms with Crippen molar-refractivity contribution in [3.63, 3.8) is 0 Å². The molecule has 0 bridgehead atoms. The van der Waals surface area contributed by atoms with Crippen LogP contribution in [-0.2, 0) is 21.2 Å². The quantitative estimate of drug-likeness (QED) is 0.499. The molecule has 0 aliphatic carbocycles. The first kappa shape index (κ1) is 27.2. The van der Waals surface area contributed by atoms with Crippen molar-refractivity contribution in [3.05, 3.63) is 64.7 Å². The summed E-state index contributed by atoms with van der Waals surface area (Å²) in [4.78, 5) is 13.1. The lowest BCUT2D eigenvalue weighted by atomic mass is 9.92. The van der Waals surface area contributed by atoms with E-state index in [4.69, 9.17) is 4.74 Å². The molecule has 1 N–H and O–H groups in total. The molecule has 2 aromatic rings. The van der Waals surface area contributed by atoms with Gasteiger partial charge in [0.05, 0.1) is 24.8 Å². The van der Waals surface area contributed by atoms with Crippen LogP contribution in [0.25, 0.3) is 0 Å². The molecule has 0 spiro atoms. The number of rotatable bonds is 10. The molecule has 35 heavy (non-hydrogen) atoms. The van der Waals surface area contributed by atoms with Crippen LogP contribution >= 0.6 is 0 Å². The third-order valence-corrected chi connectivity index (χ3v) is 8.85. The van der Waals surface area contributed by atoms with E-state index in [2.05, 4.69) is 25.2 Å². The third-order valence-electron chi connectivity index (χ3n) is 6.92. The van der Waals surface area contributed by atoms with Gasteiger partial charge in [0.15, 0.2) is 0 Å². The van der Waals surface area contributed by atoms with Gasteiger partial charge in [-0.1, -0.05) is 44.2 Å². The van der Waals surface area contributed by atoms with Gasteiger partial charge >= 0.3 is 0 Å². The van der Waals surface area contributed by atoms with Crippen molar-refractivity contribution in [3.8, 4) is 5.75 Å². The molecule has 6 nitrogen and oxygen atoms in total. The van der Waals surface area contributed by atoms with E-state index in [1.807, 2.05) is 50.2 Å². The first-order chi connectivity index (χ1) is 16.6. The average molecular weight is 501 g/mol. The van der Waals surface area contributed by atoms with Gasteiger partial charge in [0.2, 0.25) is 15.9 Å². The standard InChI is InChI=1S/C28H40N2O4S/c1-20(2)25-18-26(21(3)17-27(25)34-5)22(4)29-28(31)24-14-9-15-30(19-24)35(32,33)16-10-13-23-11-7-6-8-12-23/h6-8,11-12,17-18,20,22,24H,9-10,13-16,19H2,1-5H3,(H,29,31). The minimum Gasteiger partial charge on any atom is -0.496 e. The van der Waals surface area contributed by atoms with Crippen LogP contribution in [0.2, 0.25) is 0 Å². The molecule has 1 saturated heterocycles. The van der Waals surface area contributed by atoms with Crippen LogP contribution in [0.15, 0.2) is 42.5 Å². The summed E-state index contributed by atoms with van der Waals surface area (Å²) in [6.45, 7) is 8.99. The number of hydrogen-bond donors (Lipinski definition) is 1. The maximum atomic E-state index is 13.1. The molecule has 1 heterocycles. The van der Waals surface area contributed by atoms with Gasteiger partial charge in [-0.25, -0.2) is 12.7 Å². The topological polar surface area (TPSA) is 75.7 Å². The number of sulfonamides is 1. The summed E-state index contributed by atoms with van der Waals surface area (Å²) in [6, 6.07) is 13.9. The first-order valence-electron chi connectivity index (χ1n) is 12.6. The molecule has 1 fully saturated rings. The molecule has 1 aliphatic rings. The van der Waals surface area contributed by atoms with Crippen molar-refractivity contribution < 1.29 is 17.9 Å². The molecular formula is C28H40N2O4S. The highest BCUT2D eigenvalue weighted by Gasteiger charge is 2.32. The third kappa shape index (κ3) is 7.07. The number of amides is 1. The molecule has 0 aromatic heterocycles. The summed E-state index contributed by atoms with van der Waals surface area (Å²) in [5, 5.41) is 3.15. The number of carbonyl (C=O) groups is 1. The first-order valence-corrected chi connectivity index (χ1v) is 14.2. The summed E-state index contributed by atoms with van der Waals surface area (Å²) >= 11 is 0. The second kappa shape index (κ2) is 12.0. The Morgan fingerprint density at radius 1 is 1.14 bits per heavy atom. The van der Waals surface area contributed by atoms with Gasteiger partial charge in [0.25, 0.3) is 0 Å². The normalized spacial score (nSPS) is 17.8. The molecule has 2 aromatic carbocycles. The van der Waals surface area contributed by atoms with Crippen molar-refractivity contribution in [1.82, 2.24) is 9.62 Å². The minimum absolute atomic E-state index is 0.0806. The van der Waals surface area contributed by atoms with Gasteiger partial charge < -0.3 is 10.1 Å². The number of hydrogen-bond acceptors (Lipinski definition) is 4. The second-order valence-corrected chi connectivity index (χ2v) is 12.0. The summed E-state index contributed by atoms with van der Waals surface area (Å²) in [7, 11) is -1.71. The van der Waals surface area contributed by atoms with E-state index in [1.54, 1.807) is 7.11 Å². The number of ether oxygens (including phenoxy) is 1. The molecule has 2 unspecified atom stereocenters. The maximum absolute atomic E-state index is 13.1. The van der Waals surface area contributed by atoms with E-state index in [1.165, 1.54) is 4.31 Å². The van der Waals surface area contributed by atoms with Gasteiger partial charge in [0.1, 0.15) is 5.75 Å². The Hall–Kier alpha value is -2.38. The highest BCUT2D eigenvalue weighted by atomic mass is 32.2. The second-order valence-electron chi connectivity index (χ2n) is 9.94. The highest BCUT2D eigenvalue weighted by molar-refractivity contribution is 7.89. The molecule has 0 radical (unpaired) electrons. The van der Waals surface area contributed by atoms with Crippen molar-refractivity contribution in [2.75, 3.05) is 26.0 Å². The molecular weight excluding hydrogens is 460 g/mol. The lowest BCUT2D eigenvalue weighted by Crippen LogP contribution is -2.46. The fourth-order valence-electron chi connectivity index (χ4n) is 4.86. The number of nitrogens with one attached hydrogen (secondary N) is 1. The van der Waals surface area contributed by atoms with Gasteiger partial charge in [0, 0.05) is 13.1 Å². The average Bonchev–Trinajstić information content (AvgIpc) is 2.84. The number of nitrogens with zero attached hydrogens (tertiary/aromatic N) is 1. The smallest absolute Gasteiger partial charge is 0.224 e. The van der Waals surface area contributed by atoms with E-state index < -0.39 is 10.0 Å². The van der Waals surface area contributed by atoms with E-state index in [9.17, 15) is 13.2 Å². The molecule has 0 saturated carbocycles. The predicted molar refractivity (Wildman–Crippen MR) is 141 cm³/mol. The summed E-state index contributed by atoms with van der Waals surface area (Å²) in [5.41, 5.74) is 4.37. The van der Waals surface area contributed by atoms with Crippen molar-refractivity contribution in [1.29, 1.82) is 0 Å². The highest BCUT2D eigenvalue weighted by Crippen LogP contribution is 2.32. The van der Waals surface area contributed by atoms with E-state index in [-0.39, 0.29) is 30.2 Å². The molecule has 3 rings (SSSR count). The van der Waals surface area contributed by atoms with Gasteiger partial charge in [-0.3, -0.25) is 4.79 Å². The van der Waals surface area contributed by atoms with Crippen molar-refractivity contribution in [2.24, 2.45) is 5.92 Å². The Morgan fingerprint density at radius 2 is 1.86 bits per heavy atom. The zero-order chi connectivity index (χ0) is 25.6. The Balaban J connectivity index is 1.61. The number of benzene rings is 2. The molecule has 1 amide bonds. The summed E-state index contributed by atoms with van der Waals surface area (Å²) in [6.07, 6.45) is 2.71. The van der Waals surface area contributed by atoms with Gasteiger partial charge in [-0.2, -0.15) is 0 Å². The zero-order valence-electron chi connectivity index (χ0n) is 21.7. The number of piperidine rings is 1. The monoisotopic (exact) mass is 500 g/mol. The number of methoxy groups -OCH3 is 1. The Labute approximate surface area is 211 Å². The van der Waals surface area contributed by atoms with Crippen LogP contribution < -0.4 is 10.1 Å². The fourth-order valence-corrected chi connectivity index (χ4v) is 6.44. The van der Waals surface area contributed by atoms with Crippen LogP contribution in [0.4, 0.5) is 0 Å². The van der Waals surface area contributed by atoms with Gasteiger partial charge in [-0.15, -0.1) is 0 Å². The van der Waals surface area contributed by atoms with Crippen LogP contribution in [0.1, 0.15) is 74.2 Å². The van der Waals surface area contributed by atoms with Crippen LogP contribution in [0.3, 0.4) is 0 Å². The fraction of sp³-hybridized carbons (Fsp3) is 0.536. The molecule has 1 aliphatic heterocycles. The molecule has 2 atom stereocenters. The van der Waals surface area contributed by atoms with Crippen molar-refractivity contribution in [2.45, 2.75) is 65.3 Å². The van der Waals surface area contributed by atoms with Gasteiger partial charge in [-0.05, 0) is 79.8 Å². The van der Waals surface area contributed by atoms with Crippen molar-refractivity contribution >= 4 is 15.9 Å². The largest absolute Gasteiger partial charge is 0.496 e. The number of aryl methyl sites for hydroxylation is 2. The van der Waals surface area contributed by atoms with Crippen LogP contribution in [-0.4, -0.2) is 44.6 Å². The lowest BCUT2D eigenvalue weighted by Gasteiger charge is -2.32.